The van der Waals surface area contributed by atoms with Gasteiger partial charge in [-0.05, 0) is 257 Å². The molecule has 0 spiro atoms. The lowest BCUT2D eigenvalue weighted by Crippen LogP contribution is -1.95. The third-order valence-corrected chi connectivity index (χ3v) is 21.7. The molecule has 2 nitrogen and oxygen atoms in total. The Morgan fingerprint density at radius 2 is 0.380 bits per heavy atom. The van der Waals surface area contributed by atoms with Crippen LogP contribution >= 0.6 is 0 Å². The van der Waals surface area contributed by atoms with Crippen LogP contribution in [0.2, 0.25) is 0 Å². The molecule has 0 saturated heterocycles. The highest BCUT2D eigenvalue weighted by Gasteiger charge is 2.22. The van der Waals surface area contributed by atoms with Crippen molar-refractivity contribution in [3.8, 4) is 89.0 Å². The van der Waals surface area contributed by atoms with Crippen molar-refractivity contribution in [2.75, 3.05) is 0 Å². The van der Waals surface area contributed by atoms with Crippen LogP contribution in [-0.2, 0) is 13.1 Å². The van der Waals surface area contributed by atoms with Gasteiger partial charge in [-0.2, -0.15) is 0 Å². The molecule has 2 heteroatoms. The number of aryl methyl sites for hydroxylation is 8. The Labute approximate surface area is 586 Å². The second kappa shape index (κ2) is 25.2. The summed E-state index contributed by atoms with van der Waals surface area (Å²) >= 11 is 0. The maximum atomic E-state index is 2.42. The summed E-state index contributed by atoms with van der Waals surface area (Å²) in [6, 6.07) is 113. The van der Waals surface area contributed by atoms with E-state index < -0.39 is 0 Å². The van der Waals surface area contributed by atoms with Crippen molar-refractivity contribution in [2.45, 2.75) is 68.5 Å². The Morgan fingerprint density at radius 3 is 0.690 bits per heavy atom. The predicted octanol–water partition coefficient (Wildman–Crippen LogP) is 27.4. The highest BCUT2D eigenvalue weighted by atomic mass is 15.0. The molecule has 480 valence electrons. The molecule has 0 atom stereocenters. The zero-order chi connectivity index (χ0) is 67.9. The highest BCUT2D eigenvalue weighted by Crippen LogP contribution is 2.48. The van der Waals surface area contributed by atoms with Crippen molar-refractivity contribution in [3.05, 3.63) is 337 Å². The van der Waals surface area contributed by atoms with Crippen LogP contribution in [0.5, 0.6) is 0 Å². The number of rotatable bonds is 10. The van der Waals surface area contributed by atoms with Crippen molar-refractivity contribution in [1.29, 1.82) is 0 Å². The Kier molecular flexibility index (Phi) is 15.6. The number of benzene rings is 16. The van der Waals surface area contributed by atoms with Gasteiger partial charge in [-0.1, -0.05) is 267 Å². The Hall–Kier alpha value is -11.8. The quantitative estimate of drug-likeness (QED) is 0.121. The van der Waals surface area contributed by atoms with Crippen LogP contribution in [0.3, 0.4) is 0 Å². The fourth-order valence-electron chi connectivity index (χ4n) is 16.2. The molecular weight excluding hydrogens is 1210 g/mol. The molecule has 0 aliphatic heterocycles. The second-order valence-electron chi connectivity index (χ2n) is 27.5. The van der Waals surface area contributed by atoms with E-state index in [1.165, 1.54) is 209 Å². The van der Waals surface area contributed by atoms with Gasteiger partial charge in [0.15, 0.2) is 0 Å². The second-order valence-corrected chi connectivity index (χ2v) is 27.5. The molecule has 0 aliphatic rings. The molecule has 0 aliphatic carbocycles. The smallest absolute Gasteiger partial charge is 0.0491 e. The summed E-state index contributed by atoms with van der Waals surface area (Å²) in [6.45, 7) is 19.8. The fraction of sp³-hybridized carbons (Fsp3) is 0.102. The van der Waals surface area contributed by atoms with Crippen LogP contribution in [0.15, 0.2) is 303 Å². The molecule has 2 aromatic heterocycles. The number of para-hydroxylation sites is 2. The van der Waals surface area contributed by atoms with Gasteiger partial charge < -0.3 is 9.13 Å². The van der Waals surface area contributed by atoms with Gasteiger partial charge >= 0.3 is 0 Å². The van der Waals surface area contributed by atoms with Gasteiger partial charge in [0, 0.05) is 56.7 Å². The van der Waals surface area contributed by atoms with E-state index in [1.54, 1.807) is 0 Å². The standard InChI is InChI=1S/C54H41N.C44H37N/c1-4-55-51-17-11-10-14-45(51)48-34-44(30-31-52(48)55)41-24-28-43(29-25-41)54-47-16-9-8-15-46(47)53(49-32-35(2)36(3)33-50(49)54)42-26-22-40(23-27-42)39-20-18-38(19-21-39)37-12-6-5-7-13-37;1-6-45-41-15-11-10-14-35(41)36-26-34(20-21-42(36)45)31-16-18-33(19-17-31)44-39-24-29(4)27(2)22-37(39)43(32-12-8-7-9-13-32)38-23-28(3)30(5)25-40(38)44/h5-34H,4H2,1-3H3;7-26H,6H2,1-5H3. The van der Waals surface area contributed by atoms with Gasteiger partial charge in [0.2, 0.25) is 0 Å². The van der Waals surface area contributed by atoms with Crippen molar-refractivity contribution in [3.63, 3.8) is 0 Å². The molecule has 0 radical (unpaired) electrons. The van der Waals surface area contributed by atoms with Crippen LogP contribution in [0, 0.1) is 41.5 Å². The van der Waals surface area contributed by atoms with Gasteiger partial charge in [0.1, 0.15) is 0 Å². The minimum atomic E-state index is 0.951. The summed E-state index contributed by atoms with van der Waals surface area (Å²) < 4.78 is 4.83. The zero-order valence-electron chi connectivity index (χ0n) is 58.2. The third kappa shape index (κ3) is 10.6. The number of hydrogen-bond donors (Lipinski definition) is 0. The maximum Gasteiger partial charge on any atom is 0.0491 e. The molecule has 0 amide bonds. The van der Waals surface area contributed by atoms with Gasteiger partial charge in [0.25, 0.3) is 0 Å². The van der Waals surface area contributed by atoms with Crippen molar-refractivity contribution >= 4 is 86.7 Å². The molecule has 18 rings (SSSR count). The SMILES string of the molecule is CCn1c2ccccc2c2cc(-c3ccc(-c4c5cc(C)c(C)cc5c(-c5ccccc5)c5cc(C)c(C)cc45)cc3)ccc21.CCn1c2ccccc2c2cc(-c3ccc(-c4c5ccccc5c(-c5ccc(-c6ccc(-c7ccccc7)cc6)cc5)c5cc(C)c(C)cc45)cc3)ccc21. The predicted molar refractivity (Wildman–Crippen MR) is 432 cm³/mol. The van der Waals surface area contributed by atoms with Crippen LogP contribution in [0.25, 0.3) is 176 Å². The summed E-state index contributed by atoms with van der Waals surface area (Å²) in [5, 5.41) is 15.7. The molecule has 18 aromatic rings. The van der Waals surface area contributed by atoms with Crippen molar-refractivity contribution in [2.24, 2.45) is 0 Å². The third-order valence-electron chi connectivity index (χ3n) is 21.7. The van der Waals surface area contributed by atoms with E-state index in [4.69, 9.17) is 0 Å². The Morgan fingerprint density at radius 1 is 0.170 bits per heavy atom. The zero-order valence-corrected chi connectivity index (χ0v) is 58.2. The van der Waals surface area contributed by atoms with E-state index in [9.17, 15) is 0 Å². The molecule has 0 fully saturated rings. The lowest BCUT2D eigenvalue weighted by atomic mass is 9.83. The average molecular weight is 1280 g/mol. The van der Waals surface area contributed by atoms with E-state index in [0.29, 0.717) is 0 Å². The Balaban J connectivity index is 0.000000153. The fourth-order valence-corrected chi connectivity index (χ4v) is 16.2. The van der Waals surface area contributed by atoms with Crippen molar-refractivity contribution < 1.29 is 0 Å². The van der Waals surface area contributed by atoms with Crippen LogP contribution < -0.4 is 0 Å². The van der Waals surface area contributed by atoms with Gasteiger partial charge in [0.05, 0.1) is 0 Å². The first-order chi connectivity index (χ1) is 49.0. The minimum Gasteiger partial charge on any atom is -0.341 e. The number of nitrogens with zero attached hydrogens (tertiary/aromatic N) is 2. The number of hydrogen-bond acceptors (Lipinski definition) is 0. The van der Waals surface area contributed by atoms with Crippen LogP contribution in [0.4, 0.5) is 0 Å². The lowest BCUT2D eigenvalue weighted by molar-refractivity contribution is 0.827. The van der Waals surface area contributed by atoms with Gasteiger partial charge in [-0.3, -0.25) is 0 Å². The first kappa shape index (κ1) is 61.7. The van der Waals surface area contributed by atoms with E-state index in [2.05, 4.69) is 368 Å². The largest absolute Gasteiger partial charge is 0.341 e. The van der Waals surface area contributed by atoms with E-state index in [-0.39, 0.29) is 0 Å². The first-order valence-electron chi connectivity index (χ1n) is 35.5. The summed E-state index contributed by atoms with van der Waals surface area (Å²) in [5.74, 6) is 0. The highest BCUT2D eigenvalue weighted by molar-refractivity contribution is 6.24. The molecule has 2 heterocycles. The molecule has 0 unspecified atom stereocenters. The van der Waals surface area contributed by atoms with Gasteiger partial charge in [-0.25, -0.2) is 0 Å². The van der Waals surface area contributed by atoms with E-state index >= 15 is 0 Å². The average Bonchev–Trinajstić information content (AvgIpc) is 1.10. The number of fused-ring (bicyclic) bond motifs is 10. The maximum absolute atomic E-state index is 2.42. The molecule has 16 aromatic carbocycles. The van der Waals surface area contributed by atoms with E-state index in [1.807, 2.05) is 0 Å². The van der Waals surface area contributed by atoms with Crippen molar-refractivity contribution in [1.82, 2.24) is 9.13 Å². The minimum absolute atomic E-state index is 0.951. The molecule has 100 heavy (non-hydrogen) atoms. The van der Waals surface area contributed by atoms with Crippen LogP contribution in [-0.4, -0.2) is 9.13 Å². The summed E-state index contributed by atoms with van der Waals surface area (Å²) in [4.78, 5) is 0. The summed E-state index contributed by atoms with van der Waals surface area (Å²) in [5.41, 5.74) is 33.2. The van der Waals surface area contributed by atoms with E-state index in [0.717, 1.165) is 13.1 Å². The summed E-state index contributed by atoms with van der Waals surface area (Å²) in [7, 11) is 0. The molecule has 0 bridgehead atoms. The monoisotopic (exact) mass is 1280 g/mol. The number of aromatic nitrogens is 2. The Bertz CT molecular complexity index is 6150. The molecular formula is C98H78N2. The topological polar surface area (TPSA) is 9.86 Å². The molecule has 0 saturated carbocycles. The van der Waals surface area contributed by atoms with Gasteiger partial charge in [-0.15, -0.1) is 0 Å². The van der Waals surface area contributed by atoms with Crippen LogP contribution in [0.1, 0.15) is 47.2 Å². The lowest BCUT2D eigenvalue weighted by Gasteiger charge is -2.20. The normalized spacial score (nSPS) is 11.7. The summed E-state index contributed by atoms with van der Waals surface area (Å²) in [6.07, 6.45) is 0. The first-order valence-corrected chi connectivity index (χ1v) is 35.5. The molecule has 0 N–H and O–H groups in total.